The van der Waals surface area contributed by atoms with Crippen LogP contribution in [0.2, 0.25) is 0 Å². The minimum absolute atomic E-state index is 0.330. The predicted octanol–water partition coefficient (Wildman–Crippen LogP) is 3.96. The van der Waals surface area contributed by atoms with Gasteiger partial charge in [0.1, 0.15) is 12.1 Å². The minimum atomic E-state index is -0.541. The zero-order valence-corrected chi connectivity index (χ0v) is 20.7. The normalized spacial score (nSPS) is 14.2. The fourth-order valence-corrected chi connectivity index (χ4v) is 4.54. The van der Waals surface area contributed by atoms with E-state index in [0.29, 0.717) is 22.0 Å². The summed E-state index contributed by atoms with van der Waals surface area (Å²) in [5.41, 5.74) is 13.8. The van der Waals surface area contributed by atoms with Crippen molar-refractivity contribution in [2.45, 2.75) is 36.4 Å². The van der Waals surface area contributed by atoms with Crippen molar-refractivity contribution in [3.63, 3.8) is 0 Å². The van der Waals surface area contributed by atoms with Crippen molar-refractivity contribution in [3.8, 4) is 0 Å². The number of hydrogen-bond acceptors (Lipinski definition) is 8. The monoisotopic (exact) mass is 478 g/mol. The fourth-order valence-electron chi connectivity index (χ4n) is 2.58. The van der Waals surface area contributed by atoms with Gasteiger partial charge in [-0.2, -0.15) is 23.5 Å². The molecule has 2 rings (SSSR count). The molecule has 8 heteroatoms. The molecule has 0 heterocycles. The van der Waals surface area contributed by atoms with Crippen LogP contribution in [0.1, 0.15) is 35.5 Å². The molecule has 0 fully saturated rings. The lowest BCUT2D eigenvalue weighted by Crippen LogP contribution is -2.34. The first-order valence-electron chi connectivity index (χ1n) is 10.3. The van der Waals surface area contributed by atoms with Crippen molar-refractivity contribution in [3.05, 3.63) is 71.8 Å². The Balaban J connectivity index is 0.000000320. The van der Waals surface area contributed by atoms with Crippen molar-refractivity contribution >= 4 is 35.5 Å². The van der Waals surface area contributed by atoms with Gasteiger partial charge in [-0.25, -0.2) is 0 Å². The number of methoxy groups -OCH3 is 2. The number of rotatable bonds is 10. The zero-order valence-electron chi connectivity index (χ0n) is 19.1. The maximum Gasteiger partial charge on any atom is 0.323 e. The molecule has 176 valence electrons. The molecular weight excluding hydrogens is 444 g/mol. The van der Waals surface area contributed by atoms with E-state index in [1.54, 1.807) is 23.5 Å². The van der Waals surface area contributed by atoms with E-state index in [4.69, 9.17) is 11.5 Å². The highest BCUT2D eigenvalue weighted by molar-refractivity contribution is 7.99. The Kier molecular flexibility index (Phi) is 13.8. The number of ether oxygens (including phenoxy) is 2. The lowest BCUT2D eigenvalue weighted by Gasteiger charge is -2.14. The van der Waals surface area contributed by atoms with E-state index in [1.807, 2.05) is 36.4 Å². The molecule has 2 aromatic carbocycles. The molecule has 0 spiro atoms. The molecule has 4 atom stereocenters. The van der Waals surface area contributed by atoms with Crippen molar-refractivity contribution in [2.24, 2.45) is 11.5 Å². The molecule has 0 aromatic heterocycles. The molecule has 4 N–H and O–H groups in total. The van der Waals surface area contributed by atoms with Gasteiger partial charge in [-0.3, -0.25) is 9.59 Å². The molecule has 0 aliphatic rings. The topological polar surface area (TPSA) is 105 Å². The molecule has 0 bridgehead atoms. The molecule has 0 amide bonds. The second-order valence-corrected chi connectivity index (χ2v) is 9.78. The van der Waals surface area contributed by atoms with Crippen LogP contribution in [-0.4, -0.2) is 49.7 Å². The highest BCUT2D eigenvalue weighted by atomic mass is 32.2. The van der Waals surface area contributed by atoms with Gasteiger partial charge in [0.25, 0.3) is 0 Å². The number of carbonyl (C=O) groups excluding carboxylic acids is 2. The van der Waals surface area contributed by atoms with Crippen molar-refractivity contribution in [1.82, 2.24) is 0 Å². The first kappa shape index (κ1) is 28.0. The Morgan fingerprint density at radius 1 is 0.719 bits per heavy atom. The third-order valence-corrected chi connectivity index (χ3v) is 7.24. The number of nitrogens with two attached hydrogens (primary N) is 2. The van der Waals surface area contributed by atoms with E-state index >= 15 is 0 Å². The van der Waals surface area contributed by atoms with E-state index < -0.39 is 12.1 Å². The molecule has 0 saturated carbocycles. The summed E-state index contributed by atoms with van der Waals surface area (Å²) in [6.07, 6.45) is 0. The standard InChI is InChI=1S/2C12H17NO2S/c2*1-9(10-6-4-3-5-7-10)16-8-11(13)12(14)15-2/h2*3-7,9,11H,8,13H2,1-2H3. The van der Waals surface area contributed by atoms with Crippen LogP contribution in [0, 0.1) is 0 Å². The van der Waals surface area contributed by atoms with Gasteiger partial charge >= 0.3 is 11.9 Å². The largest absolute Gasteiger partial charge is 0.468 e. The van der Waals surface area contributed by atoms with Gasteiger partial charge in [0.05, 0.1) is 14.2 Å². The second-order valence-electron chi connectivity index (χ2n) is 7.03. The highest BCUT2D eigenvalue weighted by Crippen LogP contribution is 2.28. The average molecular weight is 479 g/mol. The van der Waals surface area contributed by atoms with Crippen molar-refractivity contribution < 1.29 is 19.1 Å². The summed E-state index contributed by atoms with van der Waals surface area (Å²) in [5.74, 6) is 0.436. The first-order chi connectivity index (χ1) is 15.3. The molecule has 0 radical (unpaired) electrons. The number of benzene rings is 2. The molecular formula is C24H34N2O4S2. The SMILES string of the molecule is COC(=O)C(N)CSC(C)c1ccccc1.COC(=O)C(N)CSC(C)c1ccccc1. The van der Waals surface area contributed by atoms with Crippen molar-refractivity contribution in [2.75, 3.05) is 25.7 Å². The van der Waals surface area contributed by atoms with Gasteiger partial charge in [0.2, 0.25) is 0 Å². The lowest BCUT2D eigenvalue weighted by molar-refractivity contribution is -0.142. The van der Waals surface area contributed by atoms with Gasteiger partial charge in [-0.05, 0) is 25.0 Å². The van der Waals surface area contributed by atoms with Gasteiger partial charge in [0.15, 0.2) is 0 Å². The first-order valence-corrected chi connectivity index (χ1v) is 12.4. The van der Waals surface area contributed by atoms with Crippen LogP contribution < -0.4 is 11.5 Å². The minimum Gasteiger partial charge on any atom is -0.468 e. The Bertz CT molecular complexity index is 726. The summed E-state index contributed by atoms with van der Waals surface area (Å²) in [7, 11) is 2.71. The van der Waals surface area contributed by atoms with E-state index in [2.05, 4.69) is 47.6 Å². The van der Waals surface area contributed by atoms with E-state index in [1.165, 1.54) is 25.3 Å². The van der Waals surface area contributed by atoms with E-state index in [-0.39, 0.29) is 11.9 Å². The summed E-state index contributed by atoms with van der Waals surface area (Å²) in [6.45, 7) is 4.20. The summed E-state index contributed by atoms with van der Waals surface area (Å²) < 4.78 is 9.15. The Hall–Kier alpha value is -2.00. The second kappa shape index (κ2) is 15.7. The van der Waals surface area contributed by atoms with Gasteiger partial charge in [-0.1, -0.05) is 60.7 Å². The van der Waals surface area contributed by atoms with Crippen LogP contribution in [0.15, 0.2) is 60.7 Å². The van der Waals surface area contributed by atoms with Crippen LogP contribution in [0.3, 0.4) is 0 Å². The highest BCUT2D eigenvalue weighted by Gasteiger charge is 2.16. The predicted molar refractivity (Wildman–Crippen MR) is 135 cm³/mol. The number of carbonyl (C=O) groups is 2. The summed E-state index contributed by atoms with van der Waals surface area (Å²) in [4.78, 5) is 22.2. The van der Waals surface area contributed by atoms with E-state index in [0.717, 1.165) is 0 Å². The third-order valence-electron chi connectivity index (χ3n) is 4.60. The van der Waals surface area contributed by atoms with Crippen LogP contribution in [0.25, 0.3) is 0 Å². The Labute approximate surface area is 199 Å². The van der Waals surface area contributed by atoms with Gasteiger partial charge in [0, 0.05) is 22.0 Å². The van der Waals surface area contributed by atoms with Crippen LogP contribution >= 0.6 is 23.5 Å². The fraction of sp³-hybridized carbons (Fsp3) is 0.417. The van der Waals surface area contributed by atoms with Crippen molar-refractivity contribution in [1.29, 1.82) is 0 Å². The molecule has 0 aliphatic carbocycles. The molecule has 0 aliphatic heterocycles. The quantitative estimate of drug-likeness (QED) is 0.495. The molecule has 0 saturated heterocycles. The Morgan fingerprint density at radius 3 is 1.31 bits per heavy atom. The maximum absolute atomic E-state index is 11.1. The summed E-state index contributed by atoms with van der Waals surface area (Å²) in [5, 5.41) is 0.661. The molecule has 2 aromatic rings. The number of hydrogen-bond donors (Lipinski definition) is 2. The molecule has 32 heavy (non-hydrogen) atoms. The summed E-state index contributed by atoms with van der Waals surface area (Å²) in [6, 6.07) is 19.2. The van der Waals surface area contributed by atoms with Gasteiger partial charge in [-0.15, -0.1) is 0 Å². The number of thioether (sulfide) groups is 2. The molecule has 4 unspecified atom stereocenters. The third kappa shape index (κ3) is 10.5. The zero-order chi connectivity index (χ0) is 23.9. The van der Waals surface area contributed by atoms with Crippen LogP contribution in [0.4, 0.5) is 0 Å². The van der Waals surface area contributed by atoms with E-state index in [9.17, 15) is 9.59 Å². The number of esters is 2. The average Bonchev–Trinajstić information content (AvgIpc) is 2.85. The van der Waals surface area contributed by atoms with Crippen LogP contribution in [-0.2, 0) is 19.1 Å². The maximum atomic E-state index is 11.1. The summed E-state index contributed by atoms with van der Waals surface area (Å²) >= 11 is 3.31. The Morgan fingerprint density at radius 2 is 1.03 bits per heavy atom. The molecule has 6 nitrogen and oxygen atoms in total. The lowest BCUT2D eigenvalue weighted by atomic mass is 10.2. The van der Waals surface area contributed by atoms with Gasteiger partial charge < -0.3 is 20.9 Å². The van der Waals surface area contributed by atoms with Crippen LogP contribution in [0.5, 0.6) is 0 Å². The smallest absolute Gasteiger partial charge is 0.323 e.